The molecule has 0 unspecified atom stereocenters. The van der Waals surface area contributed by atoms with E-state index in [0.29, 0.717) is 13.0 Å². The number of aryl methyl sites for hydroxylation is 2. The summed E-state index contributed by atoms with van der Waals surface area (Å²) < 4.78 is 7.76. The summed E-state index contributed by atoms with van der Waals surface area (Å²) in [7, 11) is 0. The second-order valence-corrected chi connectivity index (χ2v) is 6.02. The molecule has 1 N–H and O–H groups in total. The van der Waals surface area contributed by atoms with Crippen LogP contribution in [0.4, 0.5) is 0 Å². The molecule has 3 rings (SSSR count). The predicted octanol–water partition coefficient (Wildman–Crippen LogP) is 2.01. The highest BCUT2D eigenvalue weighted by atomic mass is 16.5. The number of benzene rings is 1. The number of hydrogen-bond donors (Lipinski definition) is 1. The first-order chi connectivity index (χ1) is 10.5. The molecule has 0 bridgehead atoms. The van der Waals surface area contributed by atoms with Gasteiger partial charge < -0.3 is 14.6 Å². The van der Waals surface area contributed by atoms with Gasteiger partial charge in [-0.15, -0.1) is 0 Å². The molecule has 1 amide bonds. The van der Waals surface area contributed by atoms with Crippen LogP contribution in [0.2, 0.25) is 0 Å². The number of rotatable bonds is 4. The fourth-order valence-electron chi connectivity index (χ4n) is 2.75. The van der Waals surface area contributed by atoms with Crippen molar-refractivity contribution < 1.29 is 9.53 Å². The summed E-state index contributed by atoms with van der Waals surface area (Å²) in [6.45, 7) is 6.81. The summed E-state index contributed by atoms with van der Waals surface area (Å²) in [6, 6.07) is 4.16. The van der Waals surface area contributed by atoms with E-state index in [4.69, 9.17) is 4.74 Å². The number of fused-ring (bicyclic) bond motifs is 1. The normalized spacial score (nSPS) is 17.7. The summed E-state index contributed by atoms with van der Waals surface area (Å²) in [5.41, 5.74) is 3.54. The lowest BCUT2D eigenvalue weighted by molar-refractivity contribution is -0.127. The molecule has 0 fully saturated rings. The highest BCUT2D eigenvalue weighted by molar-refractivity contribution is 5.82. The summed E-state index contributed by atoms with van der Waals surface area (Å²) in [6.07, 6.45) is 5.57. The summed E-state index contributed by atoms with van der Waals surface area (Å²) in [4.78, 5) is 16.4. The van der Waals surface area contributed by atoms with Crippen molar-refractivity contribution in [3.05, 3.63) is 47.5 Å². The van der Waals surface area contributed by atoms with Crippen LogP contribution in [-0.4, -0.2) is 27.6 Å². The molecule has 5 heteroatoms. The topological polar surface area (TPSA) is 56.1 Å². The van der Waals surface area contributed by atoms with Gasteiger partial charge in [0.05, 0.1) is 6.33 Å². The molecule has 0 spiro atoms. The van der Waals surface area contributed by atoms with Crippen LogP contribution < -0.4 is 10.1 Å². The number of carbonyl (C=O) groups is 1. The van der Waals surface area contributed by atoms with Crippen LogP contribution >= 0.6 is 0 Å². The molecular formula is C17H21N3O2. The fourth-order valence-corrected chi connectivity index (χ4v) is 2.75. The monoisotopic (exact) mass is 299 g/mol. The average molecular weight is 299 g/mol. The Hall–Kier alpha value is -2.30. The maximum atomic E-state index is 12.4. The molecule has 1 aromatic heterocycles. The fraction of sp³-hybridized carbons (Fsp3) is 0.412. The Kier molecular flexibility index (Phi) is 3.88. The SMILES string of the molecule is Cc1cc2c(cc1C)O[C@H](C(=O)N[C@@H](C)Cn1ccnc1)C2. The van der Waals surface area contributed by atoms with E-state index >= 15 is 0 Å². The predicted molar refractivity (Wildman–Crippen MR) is 83.9 cm³/mol. The van der Waals surface area contributed by atoms with Gasteiger partial charge in [0.15, 0.2) is 6.10 Å². The first-order valence-corrected chi connectivity index (χ1v) is 7.56. The number of carbonyl (C=O) groups excluding carboxylic acids is 1. The van der Waals surface area contributed by atoms with Crippen molar-refractivity contribution in [1.29, 1.82) is 0 Å². The van der Waals surface area contributed by atoms with E-state index in [0.717, 1.165) is 11.3 Å². The van der Waals surface area contributed by atoms with Gasteiger partial charge in [-0.1, -0.05) is 6.07 Å². The van der Waals surface area contributed by atoms with Crippen LogP contribution in [0.3, 0.4) is 0 Å². The summed E-state index contributed by atoms with van der Waals surface area (Å²) >= 11 is 0. The molecule has 0 saturated carbocycles. The summed E-state index contributed by atoms with van der Waals surface area (Å²) in [5, 5.41) is 3.01. The van der Waals surface area contributed by atoms with Crippen LogP contribution in [0, 0.1) is 13.8 Å². The van der Waals surface area contributed by atoms with Gasteiger partial charge in [0, 0.05) is 31.4 Å². The molecular weight excluding hydrogens is 278 g/mol. The first kappa shape index (κ1) is 14.6. The average Bonchev–Trinajstić information content (AvgIpc) is 3.08. The number of nitrogens with one attached hydrogen (secondary N) is 1. The van der Waals surface area contributed by atoms with E-state index in [9.17, 15) is 4.79 Å². The molecule has 2 atom stereocenters. The Labute approximate surface area is 130 Å². The Morgan fingerprint density at radius 1 is 1.45 bits per heavy atom. The van der Waals surface area contributed by atoms with E-state index in [2.05, 4.69) is 30.2 Å². The van der Waals surface area contributed by atoms with E-state index in [1.54, 1.807) is 12.5 Å². The lowest BCUT2D eigenvalue weighted by Crippen LogP contribution is -2.43. The summed E-state index contributed by atoms with van der Waals surface area (Å²) in [5.74, 6) is 0.782. The van der Waals surface area contributed by atoms with Crippen molar-refractivity contribution in [2.24, 2.45) is 0 Å². The van der Waals surface area contributed by atoms with Gasteiger partial charge in [0.25, 0.3) is 5.91 Å². The zero-order chi connectivity index (χ0) is 15.7. The largest absolute Gasteiger partial charge is 0.480 e. The van der Waals surface area contributed by atoms with Crippen LogP contribution in [0.15, 0.2) is 30.9 Å². The molecule has 22 heavy (non-hydrogen) atoms. The molecule has 1 aliphatic rings. The van der Waals surface area contributed by atoms with Gasteiger partial charge in [-0.05, 0) is 43.5 Å². The van der Waals surface area contributed by atoms with Crippen molar-refractivity contribution in [2.45, 2.75) is 45.9 Å². The first-order valence-electron chi connectivity index (χ1n) is 7.56. The van der Waals surface area contributed by atoms with E-state index < -0.39 is 6.10 Å². The molecule has 0 aliphatic carbocycles. The van der Waals surface area contributed by atoms with E-state index in [1.807, 2.05) is 23.8 Å². The number of nitrogens with zero attached hydrogens (tertiary/aromatic N) is 2. The lowest BCUT2D eigenvalue weighted by Gasteiger charge is -2.17. The minimum Gasteiger partial charge on any atom is -0.480 e. The minimum atomic E-state index is -0.429. The minimum absolute atomic E-state index is 0.0254. The third kappa shape index (κ3) is 2.98. The number of imidazole rings is 1. The number of ether oxygens (including phenoxy) is 1. The maximum Gasteiger partial charge on any atom is 0.261 e. The highest BCUT2D eigenvalue weighted by Gasteiger charge is 2.30. The molecule has 2 aromatic rings. The smallest absolute Gasteiger partial charge is 0.261 e. The van der Waals surface area contributed by atoms with Gasteiger partial charge in [-0.2, -0.15) is 0 Å². The third-order valence-electron chi connectivity index (χ3n) is 4.08. The second-order valence-electron chi connectivity index (χ2n) is 6.02. The standard InChI is InChI=1S/C17H21N3O2/c1-11-6-14-8-16(22-15(14)7-12(11)2)17(21)19-13(3)9-20-5-4-18-10-20/h4-7,10,13,16H,8-9H2,1-3H3,(H,19,21)/t13-,16-/m0/s1. The Morgan fingerprint density at radius 3 is 2.95 bits per heavy atom. The van der Waals surface area contributed by atoms with Crippen molar-refractivity contribution in [2.75, 3.05) is 0 Å². The van der Waals surface area contributed by atoms with Gasteiger partial charge in [-0.25, -0.2) is 4.98 Å². The van der Waals surface area contributed by atoms with Gasteiger partial charge >= 0.3 is 0 Å². The van der Waals surface area contributed by atoms with Crippen molar-refractivity contribution in [3.8, 4) is 5.75 Å². The Morgan fingerprint density at radius 2 is 2.23 bits per heavy atom. The van der Waals surface area contributed by atoms with Gasteiger partial charge in [0.2, 0.25) is 0 Å². The molecule has 0 radical (unpaired) electrons. The number of hydrogen-bond acceptors (Lipinski definition) is 3. The van der Waals surface area contributed by atoms with E-state index in [-0.39, 0.29) is 11.9 Å². The second kappa shape index (κ2) is 5.83. The zero-order valence-electron chi connectivity index (χ0n) is 13.2. The van der Waals surface area contributed by atoms with Gasteiger partial charge in [0.1, 0.15) is 5.75 Å². The van der Waals surface area contributed by atoms with Crippen molar-refractivity contribution >= 4 is 5.91 Å². The molecule has 5 nitrogen and oxygen atoms in total. The zero-order valence-corrected chi connectivity index (χ0v) is 13.2. The Balaban J connectivity index is 1.60. The Bertz CT molecular complexity index is 648. The van der Waals surface area contributed by atoms with Crippen LogP contribution in [-0.2, 0) is 17.8 Å². The highest BCUT2D eigenvalue weighted by Crippen LogP contribution is 2.31. The molecule has 1 aromatic carbocycles. The number of amides is 1. The third-order valence-corrected chi connectivity index (χ3v) is 4.08. The van der Waals surface area contributed by atoms with Crippen molar-refractivity contribution in [1.82, 2.24) is 14.9 Å². The molecule has 116 valence electrons. The molecule has 2 heterocycles. The van der Waals surface area contributed by atoms with Crippen molar-refractivity contribution in [3.63, 3.8) is 0 Å². The van der Waals surface area contributed by atoms with Crippen LogP contribution in [0.5, 0.6) is 5.75 Å². The molecule has 0 saturated heterocycles. The number of aromatic nitrogens is 2. The molecule has 1 aliphatic heterocycles. The van der Waals surface area contributed by atoms with Gasteiger partial charge in [-0.3, -0.25) is 4.79 Å². The van der Waals surface area contributed by atoms with E-state index in [1.165, 1.54) is 11.1 Å². The lowest BCUT2D eigenvalue weighted by atomic mass is 10.0. The van der Waals surface area contributed by atoms with Crippen LogP contribution in [0.1, 0.15) is 23.6 Å². The quantitative estimate of drug-likeness (QED) is 0.939. The maximum absolute atomic E-state index is 12.4. The van der Waals surface area contributed by atoms with Crippen LogP contribution in [0.25, 0.3) is 0 Å².